The van der Waals surface area contributed by atoms with E-state index in [-0.39, 0.29) is 0 Å². The normalized spacial score (nSPS) is 15.3. The molecule has 20 heavy (non-hydrogen) atoms. The second kappa shape index (κ2) is 5.94. The lowest BCUT2D eigenvalue weighted by Gasteiger charge is -2.28. The Kier molecular flexibility index (Phi) is 3.85. The van der Waals surface area contributed by atoms with Crippen molar-refractivity contribution in [1.29, 1.82) is 0 Å². The molecule has 1 aromatic heterocycles. The van der Waals surface area contributed by atoms with Gasteiger partial charge in [0.05, 0.1) is 18.9 Å². The van der Waals surface area contributed by atoms with Crippen LogP contribution in [0.5, 0.6) is 0 Å². The van der Waals surface area contributed by atoms with Crippen LogP contribution in [0, 0.1) is 0 Å². The summed E-state index contributed by atoms with van der Waals surface area (Å²) in [5, 5.41) is 3.11. The van der Waals surface area contributed by atoms with Gasteiger partial charge in [-0.3, -0.25) is 0 Å². The number of anilines is 3. The third-order valence-electron chi connectivity index (χ3n) is 3.26. The number of rotatable bonds is 4. The zero-order valence-corrected chi connectivity index (χ0v) is 11.2. The summed E-state index contributed by atoms with van der Waals surface area (Å²) in [5.74, 6) is 0. The molecule has 1 aromatic carbocycles. The van der Waals surface area contributed by atoms with E-state index >= 15 is 0 Å². The van der Waals surface area contributed by atoms with Gasteiger partial charge in [-0.05, 0) is 24.3 Å². The van der Waals surface area contributed by atoms with Crippen LogP contribution in [0.25, 0.3) is 0 Å². The van der Waals surface area contributed by atoms with Gasteiger partial charge < -0.3 is 25.1 Å². The Hall–Kier alpha value is -2.05. The Morgan fingerprint density at radius 3 is 2.60 bits per heavy atom. The largest absolute Gasteiger partial charge is 0.432 e. The Morgan fingerprint density at radius 2 is 1.95 bits per heavy atom. The van der Waals surface area contributed by atoms with Gasteiger partial charge in [-0.15, -0.1) is 0 Å². The van der Waals surface area contributed by atoms with E-state index in [1.165, 1.54) is 5.69 Å². The molecule has 0 amide bonds. The molecular formula is C14H18N4O2. The van der Waals surface area contributed by atoms with Crippen LogP contribution in [0.4, 0.5) is 17.4 Å². The average molecular weight is 274 g/mol. The summed E-state index contributed by atoms with van der Waals surface area (Å²) in [6.07, 6.45) is 1.56. The van der Waals surface area contributed by atoms with Crippen LogP contribution in [0.15, 0.2) is 34.9 Å². The molecule has 1 saturated heterocycles. The topological polar surface area (TPSA) is 76.5 Å². The van der Waals surface area contributed by atoms with Gasteiger partial charge in [0.2, 0.25) is 0 Å². The van der Waals surface area contributed by atoms with Gasteiger partial charge in [0.25, 0.3) is 6.01 Å². The molecule has 6 heteroatoms. The average Bonchev–Trinajstić information content (AvgIpc) is 2.97. The second-order valence-electron chi connectivity index (χ2n) is 4.62. The molecule has 1 aliphatic heterocycles. The number of benzene rings is 1. The summed E-state index contributed by atoms with van der Waals surface area (Å²) in [5.41, 5.74) is 8.37. The van der Waals surface area contributed by atoms with Crippen molar-refractivity contribution < 1.29 is 9.15 Å². The summed E-state index contributed by atoms with van der Waals surface area (Å²) >= 11 is 0. The quantitative estimate of drug-likeness (QED) is 0.884. The molecule has 1 aliphatic rings. The molecule has 0 radical (unpaired) electrons. The minimum absolute atomic E-state index is 0.376. The van der Waals surface area contributed by atoms with Crippen LogP contribution in [0.2, 0.25) is 0 Å². The highest BCUT2D eigenvalue weighted by molar-refractivity contribution is 5.58. The summed E-state index contributed by atoms with van der Waals surface area (Å²) in [6, 6.07) is 8.65. The van der Waals surface area contributed by atoms with E-state index in [0.717, 1.165) is 37.7 Å². The van der Waals surface area contributed by atoms with Crippen LogP contribution in [-0.2, 0) is 11.3 Å². The number of nitrogens with two attached hydrogens (primary N) is 1. The van der Waals surface area contributed by atoms with Crippen LogP contribution >= 0.6 is 0 Å². The zero-order chi connectivity index (χ0) is 13.8. The van der Waals surface area contributed by atoms with Crippen LogP contribution in [-0.4, -0.2) is 31.3 Å². The predicted molar refractivity (Wildman–Crippen MR) is 77.2 cm³/mol. The number of aromatic nitrogens is 1. The van der Waals surface area contributed by atoms with Gasteiger partial charge in [0.15, 0.2) is 0 Å². The second-order valence-corrected chi connectivity index (χ2v) is 4.62. The third-order valence-corrected chi connectivity index (χ3v) is 3.26. The maximum Gasteiger partial charge on any atom is 0.299 e. The van der Waals surface area contributed by atoms with E-state index in [4.69, 9.17) is 14.9 Å². The SMILES string of the molecule is NCc1coc(Nc2ccc(N3CCOCC3)cc2)n1. The molecule has 0 atom stereocenters. The van der Waals surface area contributed by atoms with Crippen molar-refractivity contribution in [1.82, 2.24) is 4.98 Å². The lowest BCUT2D eigenvalue weighted by Crippen LogP contribution is -2.36. The van der Waals surface area contributed by atoms with Crippen LogP contribution < -0.4 is 16.0 Å². The van der Waals surface area contributed by atoms with Gasteiger partial charge in [0, 0.05) is 31.0 Å². The molecular weight excluding hydrogens is 256 g/mol. The number of oxazole rings is 1. The first-order valence-electron chi connectivity index (χ1n) is 6.69. The van der Waals surface area contributed by atoms with E-state index in [1.54, 1.807) is 6.26 Å². The first-order chi connectivity index (χ1) is 9.85. The molecule has 3 rings (SSSR count). The van der Waals surface area contributed by atoms with Gasteiger partial charge in [-0.25, -0.2) is 0 Å². The minimum atomic E-state index is 0.376. The van der Waals surface area contributed by atoms with Gasteiger partial charge in [0.1, 0.15) is 6.26 Å². The highest BCUT2D eigenvalue weighted by Crippen LogP contribution is 2.21. The molecule has 106 valence electrons. The summed E-state index contributed by atoms with van der Waals surface area (Å²) in [6.45, 7) is 3.83. The van der Waals surface area contributed by atoms with Crippen molar-refractivity contribution in [3.8, 4) is 0 Å². The van der Waals surface area contributed by atoms with Gasteiger partial charge in [-0.2, -0.15) is 4.98 Å². The Morgan fingerprint density at radius 1 is 1.20 bits per heavy atom. The van der Waals surface area contributed by atoms with E-state index in [0.29, 0.717) is 12.6 Å². The lowest BCUT2D eigenvalue weighted by atomic mass is 10.2. The van der Waals surface area contributed by atoms with Gasteiger partial charge in [-0.1, -0.05) is 0 Å². The van der Waals surface area contributed by atoms with Crippen molar-refractivity contribution >= 4 is 17.4 Å². The van der Waals surface area contributed by atoms with E-state index < -0.39 is 0 Å². The number of nitrogens with one attached hydrogen (secondary N) is 1. The highest BCUT2D eigenvalue weighted by Gasteiger charge is 2.11. The van der Waals surface area contributed by atoms with E-state index in [2.05, 4.69) is 27.3 Å². The molecule has 0 aliphatic carbocycles. The van der Waals surface area contributed by atoms with Crippen molar-refractivity contribution in [3.05, 3.63) is 36.2 Å². The molecule has 0 bridgehead atoms. The van der Waals surface area contributed by atoms with Crippen molar-refractivity contribution in [2.24, 2.45) is 5.73 Å². The van der Waals surface area contributed by atoms with Crippen molar-refractivity contribution in [2.75, 3.05) is 36.5 Å². The van der Waals surface area contributed by atoms with Crippen molar-refractivity contribution in [2.45, 2.75) is 6.54 Å². The number of ether oxygens (including phenoxy) is 1. The summed E-state index contributed by atoms with van der Waals surface area (Å²) in [4.78, 5) is 6.52. The fourth-order valence-electron chi connectivity index (χ4n) is 2.16. The van der Waals surface area contributed by atoms with Crippen LogP contribution in [0.1, 0.15) is 5.69 Å². The molecule has 1 fully saturated rings. The fourth-order valence-corrected chi connectivity index (χ4v) is 2.16. The van der Waals surface area contributed by atoms with Gasteiger partial charge >= 0.3 is 0 Å². The van der Waals surface area contributed by atoms with Crippen LogP contribution in [0.3, 0.4) is 0 Å². The summed E-state index contributed by atoms with van der Waals surface area (Å²) in [7, 11) is 0. The first-order valence-corrected chi connectivity index (χ1v) is 6.69. The molecule has 0 spiro atoms. The molecule has 0 saturated carbocycles. The molecule has 2 aromatic rings. The number of morpholine rings is 1. The number of hydrogen-bond acceptors (Lipinski definition) is 6. The predicted octanol–water partition coefficient (Wildman–Crippen LogP) is 1.71. The maximum absolute atomic E-state index is 5.49. The van der Waals surface area contributed by atoms with E-state index in [1.807, 2.05) is 12.1 Å². The smallest absolute Gasteiger partial charge is 0.299 e. The van der Waals surface area contributed by atoms with E-state index in [9.17, 15) is 0 Å². The number of hydrogen-bond donors (Lipinski definition) is 2. The zero-order valence-electron chi connectivity index (χ0n) is 11.2. The molecule has 6 nitrogen and oxygen atoms in total. The monoisotopic (exact) mass is 274 g/mol. The maximum atomic E-state index is 5.49. The molecule has 2 heterocycles. The summed E-state index contributed by atoms with van der Waals surface area (Å²) < 4.78 is 10.6. The third kappa shape index (κ3) is 2.92. The molecule has 0 unspecified atom stereocenters. The fraction of sp³-hybridized carbons (Fsp3) is 0.357. The highest BCUT2D eigenvalue weighted by atomic mass is 16.5. The Labute approximate surface area is 117 Å². The standard InChI is InChI=1S/C14H18N4O2/c15-9-12-10-20-14(17-12)16-11-1-3-13(4-2-11)18-5-7-19-8-6-18/h1-4,10H,5-9,15H2,(H,16,17). The first kappa shape index (κ1) is 13.0. The molecule has 3 N–H and O–H groups in total. The number of nitrogens with zero attached hydrogens (tertiary/aromatic N) is 2. The minimum Gasteiger partial charge on any atom is -0.432 e. The Bertz CT molecular complexity index is 547. The van der Waals surface area contributed by atoms with Crippen molar-refractivity contribution in [3.63, 3.8) is 0 Å². The Balaban J connectivity index is 1.66. The lowest BCUT2D eigenvalue weighted by molar-refractivity contribution is 0.122.